The number of furan rings is 1. The topological polar surface area (TPSA) is 53.8 Å². The van der Waals surface area contributed by atoms with Crippen molar-refractivity contribution in [2.45, 2.75) is 39.4 Å². The van der Waals surface area contributed by atoms with E-state index in [0.717, 1.165) is 16.9 Å². The summed E-state index contributed by atoms with van der Waals surface area (Å²) in [6, 6.07) is 17.2. The highest BCUT2D eigenvalue weighted by Crippen LogP contribution is 2.17. The lowest BCUT2D eigenvalue weighted by Crippen LogP contribution is -2.46. The molecular formula is C23H26N2O3S. The second-order valence-corrected chi connectivity index (χ2v) is 8.01. The largest absolute Gasteiger partial charge is 0.459 e. The summed E-state index contributed by atoms with van der Waals surface area (Å²) < 4.78 is 5.28. The van der Waals surface area contributed by atoms with Crippen LogP contribution in [0.15, 0.2) is 70.7 Å². The average molecular weight is 411 g/mol. The van der Waals surface area contributed by atoms with Crippen LogP contribution in [0.4, 0.5) is 0 Å². The molecule has 1 aromatic carbocycles. The van der Waals surface area contributed by atoms with Crippen LogP contribution in [0.2, 0.25) is 0 Å². The first kappa shape index (κ1) is 20.9. The molecule has 1 unspecified atom stereocenters. The van der Waals surface area contributed by atoms with Crippen LogP contribution in [-0.4, -0.2) is 34.2 Å². The molecule has 5 nitrogen and oxygen atoms in total. The lowest BCUT2D eigenvalue weighted by atomic mass is 10.2. The van der Waals surface area contributed by atoms with Gasteiger partial charge in [-0.1, -0.05) is 43.3 Å². The van der Waals surface area contributed by atoms with Crippen LogP contribution in [0, 0.1) is 0 Å². The van der Waals surface area contributed by atoms with Crippen LogP contribution in [0.1, 0.15) is 41.3 Å². The summed E-state index contributed by atoms with van der Waals surface area (Å²) >= 11 is 1.62. The molecule has 0 saturated carbocycles. The summed E-state index contributed by atoms with van der Waals surface area (Å²) in [5, 5.41) is 2.01. The Bertz CT molecular complexity index is 892. The molecule has 0 aliphatic heterocycles. The minimum Gasteiger partial charge on any atom is -0.459 e. The van der Waals surface area contributed by atoms with Gasteiger partial charge in [0.05, 0.1) is 12.8 Å². The minimum atomic E-state index is -0.256. The van der Waals surface area contributed by atoms with E-state index in [1.165, 1.54) is 6.26 Å². The maximum Gasteiger partial charge on any atom is 0.290 e. The number of hydrogen-bond acceptors (Lipinski definition) is 4. The van der Waals surface area contributed by atoms with E-state index in [2.05, 4.69) is 0 Å². The maximum atomic E-state index is 13.3. The zero-order valence-corrected chi connectivity index (χ0v) is 17.6. The van der Waals surface area contributed by atoms with E-state index >= 15 is 0 Å². The summed E-state index contributed by atoms with van der Waals surface area (Å²) in [7, 11) is 0. The van der Waals surface area contributed by atoms with E-state index in [1.54, 1.807) is 28.4 Å². The molecule has 0 saturated heterocycles. The molecule has 0 spiro atoms. The third kappa shape index (κ3) is 5.57. The van der Waals surface area contributed by atoms with Gasteiger partial charge in [-0.25, -0.2) is 0 Å². The maximum absolute atomic E-state index is 13.3. The standard InChI is InChI=1S/C23H26N2O3S/c1-3-18(2)25(23(27)21-12-7-13-28-21)17-22(26)24(16-20-11-8-14-29-20)15-19-9-5-4-6-10-19/h4-14,18H,3,15-17H2,1-2H3. The van der Waals surface area contributed by atoms with Gasteiger partial charge >= 0.3 is 0 Å². The van der Waals surface area contributed by atoms with E-state index in [4.69, 9.17) is 4.42 Å². The number of carbonyl (C=O) groups excluding carboxylic acids is 2. The summed E-state index contributed by atoms with van der Waals surface area (Å²) in [5.74, 6) is -0.0816. The van der Waals surface area contributed by atoms with Gasteiger partial charge in [-0.05, 0) is 42.5 Å². The Kier molecular flexibility index (Phi) is 7.25. The van der Waals surface area contributed by atoms with Gasteiger partial charge in [0, 0.05) is 17.5 Å². The summed E-state index contributed by atoms with van der Waals surface area (Å²) in [6.45, 7) is 5.00. The number of nitrogens with zero attached hydrogens (tertiary/aromatic N) is 2. The molecular weight excluding hydrogens is 384 g/mol. The van der Waals surface area contributed by atoms with Gasteiger partial charge < -0.3 is 14.2 Å². The third-order valence-corrected chi connectivity index (χ3v) is 5.78. The molecule has 2 aromatic heterocycles. The lowest BCUT2D eigenvalue weighted by molar-refractivity contribution is -0.133. The first-order chi connectivity index (χ1) is 14.1. The fraction of sp³-hybridized carbons (Fsp3) is 0.304. The molecule has 0 radical (unpaired) electrons. The molecule has 0 bridgehead atoms. The molecule has 2 amide bonds. The predicted molar refractivity (Wildman–Crippen MR) is 115 cm³/mol. The van der Waals surface area contributed by atoms with E-state index in [1.807, 2.05) is 66.6 Å². The molecule has 3 rings (SSSR count). The average Bonchev–Trinajstić information content (AvgIpc) is 3.45. The molecule has 0 N–H and O–H groups in total. The van der Waals surface area contributed by atoms with Crippen LogP contribution >= 0.6 is 11.3 Å². The van der Waals surface area contributed by atoms with Crippen molar-refractivity contribution in [1.29, 1.82) is 0 Å². The van der Waals surface area contributed by atoms with E-state index in [9.17, 15) is 9.59 Å². The fourth-order valence-electron chi connectivity index (χ4n) is 3.06. The van der Waals surface area contributed by atoms with E-state index in [0.29, 0.717) is 13.1 Å². The SMILES string of the molecule is CCC(C)N(CC(=O)N(Cc1ccccc1)Cc1cccs1)C(=O)c1ccco1. The predicted octanol–water partition coefficient (Wildman–Crippen LogP) is 4.81. The Hall–Kier alpha value is -2.86. The Morgan fingerprint density at radius 3 is 2.45 bits per heavy atom. The Balaban J connectivity index is 1.79. The Morgan fingerprint density at radius 1 is 1.03 bits per heavy atom. The van der Waals surface area contributed by atoms with Gasteiger partial charge in [0.2, 0.25) is 5.91 Å². The molecule has 0 aliphatic rings. The van der Waals surface area contributed by atoms with Crippen LogP contribution in [-0.2, 0) is 17.9 Å². The van der Waals surface area contributed by atoms with Crippen LogP contribution in [0.5, 0.6) is 0 Å². The molecule has 0 fully saturated rings. The van der Waals surface area contributed by atoms with E-state index < -0.39 is 0 Å². The first-order valence-electron chi connectivity index (χ1n) is 9.77. The molecule has 0 aliphatic carbocycles. The zero-order valence-electron chi connectivity index (χ0n) is 16.8. The molecule has 1 atom stereocenters. The van der Waals surface area contributed by atoms with Crippen molar-refractivity contribution in [2.75, 3.05) is 6.54 Å². The van der Waals surface area contributed by atoms with Gasteiger partial charge in [0.25, 0.3) is 5.91 Å². The van der Waals surface area contributed by atoms with Crippen molar-refractivity contribution in [1.82, 2.24) is 9.80 Å². The van der Waals surface area contributed by atoms with Gasteiger partial charge in [0.1, 0.15) is 6.54 Å². The second kappa shape index (κ2) is 10.1. The number of carbonyl (C=O) groups is 2. The highest BCUT2D eigenvalue weighted by Gasteiger charge is 2.27. The van der Waals surface area contributed by atoms with Crippen molar-refractivity contribution in [3.8, 4) is 0 Å². The molecule has 2 heterocycles. The van der Waals surface area contributed by atoms with Crippen molar-refractivity contribution < 1.29 is 14.0 Å². The van der Waals surface area contributed by atoms with Crippen LogP contribution in [0.3, 0.4) is 0 Å². The molecule has 29 heavy (non-hydrogen) atoms. The highest BCUT2D eigenvalue weighted by molar-refractivity contribution is 7.09. The normalized spacial score (nSPS) is 11.8. The fourth-order valence-corrected chi connectivity index (χ4v) is 3.78. The lowest BCUT2D eigenvalue weighted by Gasteiger charge is -2.30. The number of benzene rings is 1. The van der Waals surface area contributed by atoms with Crippen LogP contribution in [0.25, 0.3) is 0 Å². The van der Waals surface area contributed by atoms with Crippen molar-refractivity contribution in [3.63, 3.8) is 0 Å². The molecule has 152 valence electrons. The van der Waals surface area contributed by atoms with Crippen LogP contribution < -0.4 is 0 Å². The van der Waals surface area contributed by atoms with Gasteiger partial charge in [-0.15, -0.1) is 11.3 Å². The smallest absolute Gasteiger partial charge is 0.290 e. The summed E-state index contributed by atoms with van der Waals surface area (Å²) in [4.78, 5) is 30.7. The van der Waals surface area contributed by atoms with Crippen molar-refractivity contribution in [2.24, 2.45) is 0 Å². The van der Waals surface area contributed by atoms with Gasteiger partial charge in [-0.2, -0.15) is 0 Å². The second-order valence-electron chi connectivity index (χ2n) is 6.98. The Morgan fingerprint density at radius 2 is 1.83 bits per heavy atom. The quantitative estimate of drug-likeness (QED) is 0.509. The molecule has 6 heteroatoms. The zero-order chi connectivity index (χ0) is 20.6. The third-order valence-electron chi connectivity index (χ3n) is 4.92. The summed E-state index contributed by atoms with van der Waals surface area (Å²) in [6.07, 6.45) is 2.23. The van der Waals surface area contributed by atoms with Gasteiger partial charge in [-0.3, -0.25) is 9.59 Å². The number of thiophene rings is 1. The van der Waals surface area contributed by atoms with E-state index in [-0.39, 0.29) is 30.2 Å². The number of amides is 2. The monoisotopic (exact) mass is 410 g/mol. The number of hydrogen-bond donors (Lipinski definition) is 0. The first-order valence-corrected chi connectivity index (χ1v) is 10.6. The van der Waals surface area contributed by atoms with Crippen molar-refractivity contribution >= 4 is 23.2 Å². The minimum absolute atomic E-state index is 0.0206. The Labute approximate surface area is 175 Å². The molecule has 3 aromatic rings. The van der Waals surface area contributed by atoms with Crippen molar-refractivity contribution in [3.05, 3.63) is 82.4 Å². The number of rotatable bonds is 9. The van der Waals surface area contributed by atoms with Gasteiger partial charge in [0.15, 0.2) is 5.76 Å². The summed E-state index contributed by atoms with van der Waals surface area (Å²) in [5.41, 5.74) is 1.06. The highest BCUT2D eigenvalue weighted by atomic mass is 32.1.